The van der Waals surface area contributed by atoms with Gasteiger partial charge < -0.3 is 5.32 Å². The van der Waals surface area contributed by atoms with E-state index in [1.807, 2.05) is 0 Å². The molecule has 1 aromatic carbocycles. The van der Waals surface area contributed by atoms with Crippen molar-refractivity contribution in [1.82, 2.24) is 5.32 Å². The third-order valence-corrected chi connectivity index (χ3v) is 6.12. The zero-order chi connectivity index (χ0) is 12.9. The molecule has 0 aromatic heterocycles. The van der Waals surface area contributed by atoms with Crippen LogP contribution < -0.4 is 5.32 Å². The topological polar surface area (TPSA) is 12.0 Å². The molecule has 1 aromatic rings. The van der Waals surface area contributed by atoms with E-state index in [-0.39, 0.29) is 0 Å². The van der Waals surface area contributed by atoms with Crippen molar-refractivity contribution in [2.24, 2.45) is 5.92 Å². The summed E-state index contributed by atoms with van der Waals surface area (Å²) < 4.78 is 0. The fourth-order valence-electron chi connectivity index (χ4n) is 5.19. The van der Waals surface area contributed by atoms with Gasteiger partial charge in [0, 0.05) is 11.5 Å². The molecule has 1 saturated heterocycles. The van der Waals surface area contributed by atoms with E-state index in [2.05, 4.69) is 30.4 Å². The van der Waals surface area contributed by atoms with Gasteiger partial charge in [0.05, 0.1) is 0 Å². The van der Waals surface area contributed by atoms with Gasteiger partial charge in [-0.25, -0.2) is 0 Å². The van der Waals surface area contributed by atoms with Crippen LogP contribution in [0.2, 0.25) is 0 Å². The Morgan fingerprint density at radius 2 is 2.21 bits per heavy atom. The van der Waals surface area contributed by atoms with Crippen LogP contribution in [0.1, 0.15) is 55.7 Å². The molecule has 0 amide bonds. The zero-order valence-electron chi connectivity index (χ0n) is 12.0. The Bertz CT molecular complexity index is 488. The lowest BCUT2D eigenvalue weighted by molar-refractivity contribution is 0.0797. The summed E-state index contributed by atoms with van der Waals surface area (Å²) in [6.07, 6.45) is 9.60. The molecule has 1 aliphatic heterocycles. The Hall–Kier alpha value is -0.820. The lowest BCUT2D eigenvalue weighted by atomic mass is 9.52. The molecule has 1 N–H and O–H groups in total. The van der Waals surface area contributed by atoms with Crippen LogP contribution in [0.4, 0.5) is 0 Å². The first kappa shape index (κ1) is 12.0. The predicted octanol–water partition coefficient (Wildman–Crippen LogP) is 3.60. The first-order valence-corrected chi connectivity index (χ1v) is 8.19. The standard InChI is InChI=1S/C18H25N/c1-2-13-6-7-14-12-17-15-5-3-4-8-18(15,9-10-19-17)16(14)11-13/h6-7,11,15,17,19H,2-5,8-10,12H2,1H3/t15-,17+,18+/m0/s1. The van der Waals surface area contributed by atoms with Gasteiger partial charge in [0.2, 0.25) is 0 Å². The smallest absolute Gasteiger partial charge is 0.0144 e. The summed E-state index contributed by atoms with van der Waals surface area (Å²) in [7, 11) is 0. The quantitative estimate of drug-likeness (QED) is 0.808. The van der Waals surface area contributed by atoms with E-state index in [1.165, 1.54) is 57.1 Å². The van der Waals surface area contributed by atoms with Crippen molar-refractivity contribution in [2.45, 2.75) is 63.3 Å². The van der Waals surface area contributed by atoms with Gasteiger partial charge in [0.25, 0.3) is 0 Å². The minimum Gasteiger partial charge on any atom is -0.313 e. The van der Waals surface area contributed by atoms with Crippen LogP contribution in [0.25, 0.3) is 0 Å². The molecule has 2 aliphatic carbocycles. The van der Waals surface area contributed by atoms with Crippen LogP contribution in [0.3, 0.4) is 0 Å². The van der Waals surface area contributed by atoms with E-state index in [1.54, 1.807) is 11.1 Å². The summed E-state index contributed by atoms with van der Waals surface area (Å²) in [6.45, 7) is 3.52. The average molecular weight is 255 g/mol. The van der Waals surface area contributed by atoms with E-state index >= 15 is 0 Å². The molecule has 0 radical (unpaired) electrons. The maximum atomic E-state index is 3.81. The first-order valence-electron chi connectivity index (χ1n) is 8.19. The lowest BCUT2D eigenvalue weighted by Gasteiger charge is -2.56. The molecule has 1 heterocycles. The molecule has 1 saturated carbocycles. The van der Waals surface area contributed by atoms with Gasteiger partial charge in [-0.3, -0.25) is 0 Å². The third kappa shape index (κ3) is 1.64. The largest absolute Gasteiger partial charge is 0.313 e. The van der Waals surface area contributed by atoms with Crippen molar-refractivity contribution in [3.63, 3.8) is 0 Å². The summed E-state index contributed by atoms with van der Waals surface area (Å²) in [5.74, 6) is 0.912. The molecule has 102 valence electrons. The van der Waals surface area contributed by atoms with Gasteiger partial charge in [0.15, 0.2) is 0 Å². The highest BCUT2D eigenvalue weighted by Crippen LogP contribution is 2.53. The van der Waals surface area contributed by atoms with Crippen molar-refractivity contribution in [1.29, 1.82) is 0 Å². The van der Waals surface area contributed by atoms with Crippen LogP contribution in [-0.2, 0) is 18.3 Å². The molecule has 3 atom stereocenters. The molecule has 3 aliphatic rings. The molecule has 1 heteroatoms. The van der Waals surface area contributed by atoms with Gasteiger partial charge in [-0.2, -0.15) is 0 Å². The fraction of sp³-hybridized carbons (Fsp3) is 0.667. The second-order valence-electron chi connectivity index (χ2n) is 6.87. The number of aryl methyl sites for hydroxylation is 1. The minimum atomic E-state index is 0.535. The van der Waals surface area contributed by atoms with Gasteiger partial charge >= 0.3 is 0 Å². The van der Waals surface area contributed by atoms with Crippen molar-refractivity contribution in [3.8, 4) is 0 Å². The molecular weight excluding hydrogens is 230 g/mol. The normalized spacial score (nSPS) is 36.5. The van der Waals surface area contributed by atoms with E-state index in [9.17, 15) is 0 Å². The Labute approximate surface area is 116 Å². The number of fused-ring (bicyclic) bond motifs is 1. The van der Waals surface area contributed by atoms with E-state index in [4.69, 9.17) is 0 Å². The maximum absolute atomic E-state index is 3.81. The summed E-state index contributed by atoms with van der Waals surface area (Å²) >= 11 is 0. The Morgan fingerprint density at radius 3 is 3.11 bits per heavy atom. The van der Waals surface area contributed by atoms with Gasteiger partial charge in [-0.1, -0.05) is 38.0 Å². The molecule has 4 rings (SSSR count). The highest BCUT2D eigenvalue weighted by molar-refractivity contribution is 5.43. The molecule has 1 nitrogen and oxygen atoms in total. The van der Waals surface area contributed by atoms with Crippen molar-refractivity contribution < 1.29 is 0 Å². The highest BCUT2D eigenvalue weighted by atomic mass is 15.0. The number of benzene rings is 1. The van der Waals surface area contributed by atoms with E-state index in [0.717, 1.165) is 12.0 Å². The second-order valence-corrected chi connectivity index (χ2v) is 6.87. The fourth-order valence-corrected chi connectivity index (χ4v) is 5.19. The average Bonchev–Trinajstić information content (AvgIpc) is 2.47. The van der Waals surface area contributed by atoms with Gasteiger partial charge in [0.1, 0.15) is 0 Å². The Balaban J connectivity index is 1.88. The number of nitrogens with one attached hydrogen (secondary N) is 1. The van der Waals surface area contributed by atoms with Gasteiger partial charge in [-0.05, 0) is 61.3 Å². The Morgan fingerprint density at radius 1 is 1.26 bits per heavy atom. The van der Waals surface area contributed by atoms with Crippen molar-refractivity contribution in [2.75, 3.05) is 6.54 Å². The van der Waals surface area contributed by atoms with E-state index < -0.39 is 0 Å². The van der Waals surface area contributed by atoms with E-state index in [0.29, 0.717) is 5.41 Å². The number of rotatable bonds is 1. The molecular formula is C18H25N. The molecule has 0 spiro atoms. The predicted molar refractivity (Wildman–Crippen MR) is 79.6 cm³/mol. The molecule has 19 heavy (non-hydrogen) atoms. The summed E-state index contributed by atoms with van der Waals surface area (Å²) in [4.78, 5) is 0. The van der Waals surface area contributed by atoms with Crippen molar-refractivity contribution in [3.05, 3.63) is 34.9 Å². The number of hydrogen-bond donors (Lipinski definition) is 1. The summed E-state index contributed by atoms with van der Waals surface area (Å²) in [5, 5.41) is 3.81. The SMILES string of the molecule is CCc1ccc2c(c1)[C@@]13CCCC[C@H]1[C@@H](C2)NCC3. The molecule has 2 fully saturated rings. The Kier molecular flexibility index (Phi) is 2.73. The van der Waals surface area contributed by atoms with Crippen LogP contribution in [-0.4, -0.2) is 12.6 Å². The van der Waals surface area contributed by atoms with Crippen LogP contribution in [0.5, 0.6) is 0 Å². The van der Waals surface area contributed by atoms with Crippen LogP contribution >= 0.6 is 0 Å². The maximum Gasteiger partial charge on any atom is 0.0144 e. The van der Waals surface area contributed by atoms with Crippen LogP contribution in [0, 0.1) is 5.92 Å². The number of piperidine rings is 1. The monoisotopic (exact) mass is 255 g/mol. The first-order chi connectivity index (χ1) is 9.33. The molecule has 0 unspecified atom stereocenters. The second kappa shape index (κ2) is 4.34. The minimum absolute atomic E-state index is 0.535. The number of hydrogen-bond acceptors (Lipinski definition) is 1. The van der Waals surface area contributed by atoms with Crippen LogP contribution in [0.15, 0.2) is 18.2 Å². The van der Waals surface area contributed by atoms with Crippen molar-refractivity contribution >= 4 is 0 Å². The lowest BCUT2D eigenvalue weighted by Crippen LogP contribution is -2.59. The summed E-state index contributed by atoms with van der Waals surface area (Å²) in [5.41, 5.74) is 5.46. The zero-order valence-corrected chi connectivity index (χ0v) is 12.0. The summed E-state index contributed by atoms with van der Waals surface area (Å²) in [6, 6.07) is 8.11. The van der Waals surface area contributed by atoms with Gasteiger partial charge in [-0.15, -0.1) is 0 Å². The molecule has 2 bridgehead atoms. The highest BCUT2D eigenvalue weighted by Gasteiger charge is 2.51. The third-order valence-electron chi connectivity index (χ3n) is 6.12.